The van der Waals surface area contributed by atoms with Gasteiger partial charge in [0.05, 0.1) is 13.0 Å². The maximum Gasteiger partial charge on any atom is 0.230 e. The second-order valence-corrected chi connectivity index (χ2v) is 9.38. The van der Waals surface area contributed by atoms with E-state index in [4.69, 9.17) is 4.74 Å². The van der Waals surface area contributed by atoms with E-state index in [0.29, 0.717) is 13.1 Å². The van der Waals surface area contributed by atoms with Crippen LogP contribution in [-0.4, -0.2) is 56.5 Å². The molecule has 0 spiro atoms. The van der Waals surface area contributed by atoms with Crippen LogP contribution in [0.4, 0.5) is 11.4 Å². The largest absolute Gasteiger partial charge is 0.497 e. The first-order chi connectivity index (χ1) is 16.2. The SMILES string of the molecule is COc1ccc(N2CCN(C(=O)C3CCCCC3C(=O)N3CCc4ccccc43)CC2)cc1. The lowest BCUT2D eigenvalue weighted by molar-refractivity contribution is -0.143. The van der Waals surface area contributed by atoms with E-state index in [1.807, 2.05) is 40.1 Å². The van der Waals surface area contributed by atoms with Crippen molar-refractivity contribution in [3.05, 3.63) is 54.1 Å². The topological polar surface area (TPSA) is 53.1 Å². The zero-order chi connectivity index (χ0) is 22.8. The van der Waals surface area contributed by atoms with E-state index < -0.39 is 0 Å². The number of rotatable bonds is 4. The van der Waals surface area contributed by atoms with Crippen LogP contribution >= 0.6 is 0 Å². The predicted octanol–water partition coefficient (Wildman–Crippen LogP) is 3.74. The van der Waals surface area contributed by atoms with Crippen LogP contribution in [0.3, 0.4) is 0 Å². The van der Waals surface area contributed by atoms with Crippen molar-refractivity contribution in [1.82, 2.24) is 4.90 Å². The van der Waals surface area contributed by atoms with Gasteiger partial charge >= 0.3 is 0 Å². The van der Waals surface area contributed by atoms with Gasteiger partial charge in [-0.25, -0.2) is 0 Å². The minimum Gasteiger partial charge on any atom is -0.497 e. The lowest BCUT2D eigenvalue weighted by Gasteiger charge is -2.40. The van der Waals surface area contributed by atoms with Crippen LogP contribution in [0, 0.1) is 11.8 Å². The number of carbonyl (C=O) groups is 2. The quantitative estimate of drug-likeness (QED) is 0.717. The highest BCUT2D eigenvalue weighted by Crippen LogP contribution is 2.37. The molecule has 1 aliphatic carbocycles. The highest BCUT2D eigenvalue weighted by atomic mass is 16.5. The molecule has 2 unspecified atom stereocenters. The maximum atomic E-state index is 13.6. The van der Waals surface area contributed by atoms with E-state index in [1.54, 1.807) is 7.11 Å². The first-order valence-electron chi connectivity index (χ1n) is 12.2. The van der Waals surface area contributed by atoms with Gasteiger partial charge in [0.2, 0.25) is 11.8 Å². The van der Waals surface area contributed by atoms with E-state index in [-0.39, 0.29) is 23.7 Å². The number of benzene rings is 2. The van der Waals surface area contributed by atoms with Crippen molar-refractivity contribution in [3.63, 3.8) is 0 Å². The van der Waals surface area contributed by atoms with E-state index in [9.17, 15) is 9.59 Å². The number of para-hydroxylation sites is 1. The number of hydrogen-bond acceptors (Lipinski definition) is 4. The standard InChI is InChI=1S/C27H33N3O3/c1-33-22-12-10-21(11-13-22)28-16-18-29(19-17-28)26(31)23-7-3-4-8-24(23)27(32)30-15-14-20-6-2-5-9-25(20)30/h2,5-6,9-13,23-24H,3-4,7-8,14-19H2,1H3. The van der Waals surface area contributed by atoms with Crippen molar-refractivity contribution in [2.75, 3.05) is 49.6 Å². The van der Waals surface area contributed by atoms with Crippen molar-refractivity contribution < 1.29 is 14.3 Å². The number of anilines is 2. The normalized spacial score (nSPS) is 22.8. The van der Waals surface area contributed by atoms with Crippen LogP contribution in [0.25, 0.3) is 0 Å². The average molecular weight is 448 g/mol. The maximum absolute atomic E-state index is 13.6. The molecule has 3 aliphatic rings. The Balaban J connectivity index is 1.24. The molecule has 6 nitrogen and oxygen atoms in total. The van der Waals surface area contributed by atoms with Crippen LogP contribution in [0.15, 0.2) is 48.5 Å². The zero-order valence-corrected chi connectivity index (χ0v) is 19.4. The third-order valence-electron chi connectivity index (χ3n) is 7.58. The summed E-state index contributed by atoms with van der Waals surface area (Å²) >= 11 is 0. The fraction of sp³-hybridized carbons (Fsp3) is 0.481. The van der Waals surface area contributed by atoms with Crippen molar-refractivity contribution in [1.29, 1.82) is 0 Å². The molecule has 2 aromatic rings. The number of piperazine rings is 1. The summed E-state index contributed by atoms with van der Waals surface area (Å²) in [4.78, 5) is 33.4. The number of hydrogen-bond donors (Lipinski definition) is 0. The second kappa shape index (κ2) is 9.46. The molecule has 0 N–H and O–H groups in total. The zero-order valence-electron chi connectivity index (χ0n) is 19.4. The van der Waals surface area contributed by atoms with Crippen molar-refractivity contribution >= 4 is 23.2 Å². The summed E-state index contributed by atoms with van der Waals surface area (Å²) in [7, 11) is 1.67. The molecule has 2 fully saturated rings. The molecule has 33 heavy (non-hydrogen) atoms. The van der Waals surface area contributed by atoms with E-state index in [1.165, 1.54) is 5.56 Å². The molecular formula is C27H33N3O3. The lowest BCUT2D eigenvalue weighted by Crippen LogP contribution is -2.53. The minimum atomic E-state index is -0.197. The number of amides is 2. The van der Waals surface area contributed by atoms with E-state index in [2.05, 4.69) is 23.1 Å². The van der Waals surface area contributed by atoms with Crippen molar-refractivity contribution in [2.45, 2.75) is 32.1 Å². The summed E-state index contributed by atoms with van der Waals surface area (Å²) in [6.07, 6.45) is 4.60. The molecule has 0 radical (unpaired) electrons. The molecule has 2 aliphatic heterocycles. The number of carbonyl (C=O) groups excluding carboxylic acids is 2. The fourth-order valence-corrected chi connectivity index (χ4v) is 5.70. The molecule has 1 saturated carbocycles. The monoisotopic (exact) mass is 447 g/mol. The van der Waals surface area contributed by atoms with Crippen molar-refractivity contribution in [2.24, 2.45) is 11.8 Å². The molecule has 1 saturated heterocycles. The molecule has 0 bridgehead atoms. The van der Waals surface area contributed by atoms with Crippen LogP contribution in [0.2, 0.25) is 0 Å². The van der Waals surface area contributed by atoms with E-state index >= 15 is 0 Å². The smallest absolute Gasteiger partial charge is 0.230 e. The van der Waals surface area contributed by atoms with Crippen LogP contribution in [0.1, 0.15) is 31.2 Å². The summed E-state index contributed by atoms with van der Waals surface area (Å²) in [5.74, 6) is 0.787. The summed E-state index contributed by atoms with van der Waals surface area (Å²) < 4.78 is 5.26. The van der Waals surface area contributed by atoms with E-state index in [0.717, 1.165) is 68.9 Å². The first kappa shape index (κ1) is 21.8. The van der Waals surface area contributed by atoms with Gasteiger partial charge in [-0.3, -0.25) is 9.59 Å². The fourth-order valence-electron chi connectivity index (χ4n) is 5.70. The predicted molar refractivity (Wildman–Crippen MR) is 130 cm³/mol. The summed E-state index contributed by atoms with van der Waals surface area (Å²) in [5.41, 5.74) is 3.42. The van der Waals surface area contributed by atoms with Gasteiger partial charge in [0.15, 0.2) is 0 Å². The lowest BCUT2D eigenvalue weighted by atomic mass is 9.77. The Labute approximate surface area is 196 Å². The Morgan fingerprint density at radius 2 is 1.48 bits per heavy atom. The first-order valence-corrected chi connectivity index (χ1v) is 12.2. The number of nitrogens with zero attached hydrogens (tertiary/aromatic N) is 3. The van der Waals surface area contributed by atoms with Crippen LogP contribution in [-0.2, 0) is 16.0 Å². The average Bonchev–Trinajstić information content (AvgIpc) is 3.32. The molecule has 2 amide bonds. The number of methoxy groups -OCH3 is 1. The highest BCUT2D eigenvalue weighted by Gasteiger charge is 2.41. The summed E-state index contributed by atoms with van der Waals surface area (Å²) in [6.45, 7) is 3.76. The molecule has 0 aromatic heterocycles. The second-order valence-electron chi connectivity index (χ2n) is 9.38. The van der Waals surface area contributed by atoms with Gasteiger partial charge in [0.25, 0.3) is 0 Å². The van der Waals surface area contributed by atoms with Gasteiger partial charge < -0.3 is 19.4 Å². The molecule has 174 valence electrons. The molecule has 2 aromatic carbocycles. The highest BCUT2D eigenvalue weighted by molar-refractivity contribution is 5.99. The van der Waals surface area contributed by atoms with Gasteiger partial charge in [-0.05, 0) is 55.2 Å². The summed E-state index contributed by atoms with van der Waals surface area (Å²) in [5, 5.41) is 0. The number of ether oxygens (including phenoxy) is 1. The molecule has 6 heteroatoms. The van der Waals surface area contributed by atoms with Crippen LogP contribution < -0.4 is 14.5 Å². The third kappa shape index (κ3) is 4.31. The van der Waals surface area contributed by atoms with Gasteiger partial charge in [0.1, 0.15) is 5.75 Å². The molecule has 2 heterocycles. The molecule has 2 atom stereocenters. The van der Waals surface area contributed by atoms with Gasteiger partial charge in [0, 0.05) is 50.0 Å². The Hall–Kier alpha value is -3.02. The third-order valence-corrected chi connectivity index (χ3v) is 7.58. The Bertz CT molecular complexity index is 998. The van der Waals surface area contributed by atoms with Gasteiger partial charge in [-0.1, -0.05) is 31.0 Å². The van der Waals surface area contributed by atoms with Crippen LogP contribution in [0.5, 0.6) is 5.75 Å². The Morgan fingerprint density at radius 1 is 0.818 bits per heavy atom. The molecule has 5 rings (SSSR count). The molecular weight excluding hydrogens is 414 g/mol. The number of fused-ring (bicyclic) bond motifs is 1. The Morgan fingerprint density at radius 3 is 2.18 bits per heavy atom. The Kier molecular flexibility index (Phi) is 6.25. The summed E-state index contributed by atoms with van der Waals surface area (Å²) in [6, 6.07) is 16.3. The minimum absolute atomic E-state index is 0.148. The van der Waals surface area contributed by atoms with Gasteiger partial charge in [-0.15, -0.1) is 0 Å². The van der Waals surface area contributed by atoms with Gasteiger partial charge in [-0.2, -0.15) is 0 Å². The van der Waals surface area contributed by atoms with Crippen molar-refractivity contribution in [3.8, 4) is 5.75 Å².